The van der Waals surface area contributed by atoms with Crippen LogP contribution in [-0.4, -0.2) is 36.9 Å². The molecule has 0 aromatic carbocycles. The highest BCUT2D eigenvalue weighted by Crippen LogP contribution is 2.42. The van der Waals surface area contributed by atoms with Crippen LogP contribution in [0.4, 0.5) is 0 Å². The Labute approximate surface area is 258 Å². The number of ether oxygens (including phenoxy) is 2. The Balaban J connectivity index is 1.44. The van der Waals surface area contributed by atoms with E-state index in [1.807, 2.05) is 0 Å². The number of esters is 2. The molecule has 0 heterocycles. The monoisotopic (exact) mass is 588 g/mol. The summed E-state index contributed by atoms with van der Waals surface area (Å²) < 4.78 is 11.0. The van der Waals surface area contributed by atoms with Crippen molar-refractivity contribution >= 4 is 11.9 Å². The molecule has 1 unspecified atom stereocenters. The lowest BCUT2D eigenvalue weighted by molar-refractivity contribution is -0.154. The minimum atomic E-state index is -0.354. The van der Waals surface area contributed by atoms with Gasteiger partial charge in [-0.3, -0.25) is 9.59 Å². The third-order valence-corrected chi connectivity index (χ3v) is 9.77. The van der Waals surface area contributed by atoms with Gasteiger partial charge in [-0.25, -0.2) is 0 Å². The molecule has 0 aliphatic heterocycles. The zero-order valence-electron chi connectivity index (χ0n) is 27.2. The van der Waals surface area contributed by atoms with Crippen LogP contribution in [0.2, 0.25) is 0 Å². The summed E-state index contributed by atoms with van der Waals surface area (Å²) in [6.45, 7) is 4.62. The van der Waals surface area contributed by atoms with E-state index in [9.17, 15) is 14.7 Å². The number of hydrogen-bond donors (Lipinski definition) is 1. The van der Waals surface area contributed by atoms with Crippen molar-refractivity contribution in [3.8, 4) is 0 Å². The molecule has 42 heavy (non-hydrogen) atoms. The number of allylic oxidation sites excluding steroid dienone is 4. The minimum Gasteiger partial charge on any atom is -0.465 e. The fraction of sp³-hybridized carbons (Fsp3) is 0.838. The number of aliphatic hydroxyl groups excluding tert-OH is 1. The number of carbonyl (C=O) groups is 2. The quantitative estimate of drug-likeness (QED) is 0.0774. The van der Waals surface area contributed by atoms with Crippen molar-refractivity contribution in [2.45, 2.75) is 149 Å². The predicted molar refractivity (Wildman–Crippen MR) is 173 cm³/mol. The molecule has 0 amide bonds. The normalized spacial score (nSPS) is 23.8. The van der Waals surface area contributed by atoms with Crippen molar-refractivity contribution in [2.24, 2.45) is 29.6 Å². The minimum absolute atomic E-state index is 0.0200. The predicted octanol–water partition coefficient (Wildman–Crippen LogP) is 9.52. The fourth-order valence-corrected chi connectivity index (χ4v) is 6.73. The Hall–Kier alpha value is -1.62. The number of hydrogen-bond acceptors (Lipinski definition) is 5. The van der Waals surface area contributed by atoms with Gasteiger partial charge in [0.15, 0.2) is 0 Å². The number of rotatable bonds is 22. The molecular formula is C37H64O5. The van der Waals surface area contributed by atoms with Crippen LogP contribution in [0.25, 0.3) is 0 Å². The second-order valence-corrected chi connectivity index (χ2v) is 13.1. The molecule has 2 aliphatic carbocycles. The van der Waals surface area contributed by atoms with Crippen LogP contribution in [0.15, 0.2) is 24.3 Å². The summed E-state index contributed by atoms with van der Waals surface area (Å²) in [5, 5.41) is 9.70. The van der Waals surface area contributed by atoms with Crippen LogP contribution in [0.3, 0.4) is 0 Å². The van der Waals surface area contributed by atoms with Crippen LogP contribution >= 0.6 is 0 Å². The summed E-state index contributed by atoms with van der Waals surface area (Å²) in [6, 6.07) is 0. The van der Waals surface area contributed by atoms with Gasteiger partial charge in [-0.15, -0.1) is 0 Å². The second-order valence-electron chi connectivity index (χ2n) is 13.1. The first kappa shape index (κ1) is 36.6. The molecule has 0 aromatic heterocycles. The van der Waals surface area contributed by atoms with E-state index in [4.69, 9.17) is 9.47 Å². The van der Waals surface area contributed by atoms with E-state index in [1.165, 1.54) is 70.6 Å². The Kier molecular flexibility index (Phi) is 20.7. The standard InChI is InChI=1S/C37H64O5/c1-3-5-6-7-8-9-10-11-12-13-14-15-16-17-18-19-36(39)41-29-32(28-38)30-42-37(40)35-26-24-34(25-27-35)33-22-20-31(4-2)21-23-33/h8-9,11-12,31-35,38H,3-7,10,13-30H2,1-2H3/b9-8-,12-11-/t31-,32?,33-,34-,35-. The average Bonchev–Trinajstić information content (AvgIpc) is 3.03. The number of unbranched alkanes of at least 4 members (excludes halogenated alkanes) is 8. The van der Waals surface area contributed by atoms with Gasteiger partial charge in [0.25, 0.3) is 0 Å². The highest BCUT2D eigenvalue weighted by atomic mass is 16.5. The van der Waals surface area contributed by atoms with Crippen molar-refractivity contribution in [3.05, 3.63) is 24.3 Å². The smallest absolute Gasteiger partial charge is 0.308 e. The summed E-state index contributed by atoms with van der Waals surface area (Å²) in [7, 11) is 0. The number of carbonyl (C=O) groups excluding carboxylic acids is 2. The zero-order chi connectivity index (χ0) is 30.3. The maximum absolute atomic E-state index is 12.7. The first-order valence-electron chi connectivity index (χ1n) is 17.8. The van der Waals surface area contributed by atoms with Gasteiger partial charge < -0.3 is 14.6 Å². The highest BCUT2D eigenvalue weighted by molar-refractivity contribution is 5.72. The van der Waals surface area contributed by atoms with Crippen LogP contribution in [0.1, 0.15) is 149 Å². The van der Waals surface area contributed by atoms with E-state index in [2.05, 4.69) is 38.2 Å². The van der Waals surface area contributed by atoms with Gasteiger partial charge in [0.1, 0.15) is 0 Å². The first-order chi connectivity index (χ1) is 20.6. The lowest BCUT2D eigenvalue weighted by Crippen LogP contribution is -2.30. The van der Waals surface area contributed by atoms with Crippen LogP contribution in [-0.2, 0) is 19.1 Å². The van der Waals surface area contributed by atoms with Gasteiger partial charge >= 0.3 is 11.9 Å². The Morgan fingerprint density at radius 3 is 1.90 bits per heavy atom. The van der Waals surface area contributed by atoms with E-state index in [1.54, 1.807) is 0 Å². The van der Waals surface area contributed by atoms with Gasteiger partial charge in [-0.1, -0.05) is 89.5 Å². The molecule has 5 nitrogen and oxygen atoms in total. The largest absolute Gasteiger partial charge is 0.465 e. The molecule has 2 aliphatic rings. The van der Waals surface area contributed by atoms with Crippen molar-refractivity contribution < 1.29 is 24.2 Å². The molecule has 1 N–H and O–H groups in total. The summed E-state index contributed by atoms with van der Waals surface area (Å²) in [5.41, 5.74) is 0. The Morgan fingerprint density at radius 2 is 1.29 bits per heavy atom. The van der Waals surface area contributed by atoms with E-state index < -0.39 is 0 Å². The molecule has 0 saturated heterocycles. The number of aliphatic hydroxyl groups is 1. The van der Waals surface area contributed by atoms with E-state index in [-0.39, 0.29) is 43.6 Å². The summed E-state index contributed by atoms with van der Waals surface area (Å²) in [5.74, 6) is 1.81. The van der Waals surface area contributed by atoms with Crippen LogP contribution < -0.4 is 0 Å². The van der Waals surface area contributed by atoms with E-state index in [0.29, 0.717) is 6.42 Å². The van der Waals surface area contributed by atoms with Gasteiger partial charge in [-0.05, 0) is 94.8 Å². The molecule has 2 rings (SSSR count). The van der Waals surface area contributed by atoms with E-state index >= 15 is 0 Å². The van der Waals surface area contributed by atoms with Crippen LogP contribution in [0.5, 0.6) is 0 Å². The molecule has 0 bridgehead atoms. The third kappa shape index (κ3) is 16.3. The SMILES string of the molecule is CCCCC/C=C\C/C=C\CCCCCCCC(=O)OCC(CO)COC(=O)[C@H]1CC[C@H]([C@H]2CC[C@H](CC)CC2)CC1. The molecule has 5 heteroatoms. The molecule has 2 saturated carbocycles. The molecule has 0 spiro atoms. The molecule has 242 valence electrons. The summed E-state index contributed by atoms with van der Waals surface area (Å²) in [6.07, 6.45) is 33.1. The van der Waals surface area contributed by atoms with Crippen molar-refractivity contribution in [1.82, 2.24) is 0 Å². The maximum atomic E-state index is 12.7. The molecule has 0 radical (unpaired) electrons. The Bertz CT molecular complexity index is 743. The zero-order valence-corrected chi connectivity index (χ0v) is 27.2. The van der Waals surface area contributed by atoms with Gasteiger partial charge in [-0.2, -0.15) is 0 Å². The van der Waals surface area contributed by atoms with Crippen LogP contribution in [0, 0.1) is 29.6 Å². The topological polar surface area (TPSA) is 72.8 Å². The van der Waals surface area contributed by atoms with Crippen molar-refractivity contribution in [1.29, 1.82) is 0 Å². The van der Waals surface area contributed by atoms with Gasteiger partial charge in [0.05, 0.1) is 31.7 Å². The van der Waals surface area contributed by atoms with Crippen molar-refractivity contribution in [2.75, 3.05) is 19.8 Å². The highest BCUT2D eigenvalue weighted by Gasteiger charge is 2.33. The third-order valence-electron chi connectivity index (χ3n) is 9.77. The Morgan fingerprint density at radius 1 is 0.714 bits per heavy atom. The molecule has 2 fully saturated rings. The second kappa shape index (κ2) is 23.8. The van der Waals surface area contributed by atoms with E-state index in [0.717, 1.165) is 75.5 Å². The lowest BCUT2D eigenvalue weighted by atomic mass is 9.69. The van der Waals surface area contributed by atoms with Gasteiger partial charge in [0, 0.05) is 6.42 Å². The van der Waals surface area contributed by atoms with Crippen molar-refractivity contribution in [3.63, 3.8) is 0 Å². The molecule has 1 atom stereocenters. The fourth-order valence-electron chi connectivity index (χ4n) is 6.73. The maximum Gasteiger partial charge on any atom is 0.308 e. The first-order valence-corrected chi connectivity index (χ1v) is 17.8. The lowest BCUT2D eigenvalue weighted by Gasteiger charge is -2.37. The molecular weight excluding hydrogens is 524 g/mol. The molecule has 0 aromatic rings. The summed E-state index contributed by atoms with van der Waals surface area (Å²) >= 11 is 0. The average molecular weight is 589 g/mol. The van der Waals surface area contributed by atoms with Gasteiger partial charge in [0.2, 0.25) is 0 Å². The summed E-state index contributed by atoms with van der Waals surface area (Å²) in [4.78, 5) is 24.8.